The minimum Gasteiger partial charge on any atom is -0.266 e. The van der Waals surface area contributed by atoms with Gasteiger partial charge in [0.15, 0.2) is 0 Å². The van der Waals surface area contributed by atoms with E-state index < -0.39 is 10.1 Å². The fourth-order valence-electron chi connectivity index (χ4n) is 3.03. The smallest absolute Gasteiger partial charge is 0.266 e. The molecule has 0 aromatic heterocycles. The molecule has 0 bridgehead atoms. The molecule has 29 heavy (non-hydrogen) atoms. The molecule has 0 atom stereocenters. The number of unbranched alkanes of at least 4 members (excludes halogenated alkanes) is 9. The van der Waals surface area contributed by atoms with Gasteiger partial charge < -0.3 is 0 Å². The topological polar surface area (TPSA) is 43.4 Å². The molecule has 0 unspecified atom stereocenters. The average Bonchev–Trinajstić information content (AvgIpc) is 2.70. The fraction of sp³-hybridized carbons (Fsp3) is 0.600. The Labute approximate surface area is 179 Å². The molecule has 0 spiro atoms. The van der Waals surface area contributed by atoms with Crippen molar-refractivity contribution < 1.29 is 12.6 Å². The van der Waals surface area contributed by atoms with Gasteiger partial charge in [0.05, 0.1) is 11.5 Å². The summed E-state index contributed by atoms with van der Waals surface area (Å²) in [6, 6.07) is 6.78. The van der Waals surface area contributed by atoms with Gasteiger partial charge in [-0.25, -0.2) is 0 Å². The molecule has 0 fully saturated rings. The van der Waals surface area contributed by atoms with Crippen molar-refractivity contribution in [3.8, 4) is 0 Å². The largest absolute Gasteiger partial charge is 0.296 e. The van der Waals surface area contributed by atoms with Gasteiger partial charge in [-0.15, -0.1) is 0 Å². The highest BCUT2D eigenvalue weighted by Crippen LogP contribution is 2.14. The lowest BCUT2D eigenvalue weighted by molar-refractivity contribution is 0.306. The Balaban J connectivity index is 1.94. The van der Waals surface area contributed by atoms with Crippen LogP contribution >= 0.6 is 0 Å². The summed E-state index contributed by atoms with van der Waals surface area (Å²) in [5, 5.41) is 0. The summed E-state index contributed by atoms with van der Waals surface area (Å²) in [5.74, 6) is 0. The van der Waals surface area contributed by atoms with E-state index >= 15 is 0 Å². The maximum Gasteiger partial charge on any atom is 0.296 e. The zero-order chi connectivity index (χ0) is 21.2. The van der Waals surface area contributed by atoms with Gasteiger partial charge in [-0.1, -0.05) is 87.4 Å². The van der Waals surface area contributed by atoms with Crippen LogP contribution < -0.4 is 0 Å². The number of aryl methyl sites for hydroxylation is 1. The number of benzene rings is 1. The molecule has 1 aromatic carbocycles. The molecule has 0 radical (unpaired) electrons. The van der Waals surface area contributed by atoms with Crippen molar-refractivity contribution >= 4 is 10.1 Å². The number of hydrogen-bond acceptors (Lipinski definition) is 3. The van der Waals surface area contributed by atoms with E-state index in [-0.39, 0.29) is 11.5 Å². The minimum atomic E-state index is -3.61. The van der Waals surface area contributed by atoms with E-state index in [0.717, 1.165) is 37.7 Å². The zero-order valence-corrected chi connectivity index (χ0v) is 19.3. The highest BCUT2D eigenvalue weighted by atomic mass is 32.2. The van der Waals surface area contributed by atoms with Crippen molar-refractivity contribution in [2.75, 3.05) is 6.61 Å². The lowest BCUT2D eigenvalue weighted by Gasteiger charge is -2.06. The van der Waals surface area contributed by atoms with E-state index in [1.54, 1.807) is 24.3 Å². The molecular weight excluding hydrogens is 380 g/mol. The molecule has 1 rings (SSSR count). The molecule has 0 aliphatic carbocycles. The van der Waals surface area contributed by atoms with Gasteiger partial charge in [0.25, 0.3) is 10.1 Å². The molecule has 4 heteroatoms. The molecular formula is C25H40O3S. The Morgan fingerprint density at radius 3 is 1.93 bits per heavy atom. The van der Waals surface area contributed by atoms with Crippen LogP contribution in [-0.4, -0.2) is 15.0 Å². The lowest BCUT2D eigenvalue weighted by atomic mass is 10.1. The molecule has 164 valence electrons. The Kier molecular flexibility index (Phi) is 14.5. The first-order valence-corrected chi connectivity index (χ1v) is 12.7. The van der Waals surface area contributed by atoms with Gasteiger partial charge in [0, 0.05) is 0 Å². The predicted molar refractivity (Wildman–Crippen MR) is 124 cm³/mol. The first-order chi connectivity index (χ1) is 14.1. The normalized spacial score (nSPS) is 12.3. The van der Waals surface area contributed by atoms with E-state index in [9.17, 15) is 8.42 Å². The van der Waals surface area contributed by atoms with E-state index in [4.69, 9.17) is 4.18 Å². The average molecular weight is 421 g/mol. The Morgan fingerprint density at radius 1 is 0.759 bits per heavy atom. The third kappa shape index (κ3) is 13.5. The van der Waals surface area contributed by atoms with Gasteiger partial charge >= 0.3 is 0 Å². The van der Waals surface area contributed by atoms with E-state index in [0.29, 0.717) is 0 Å². The first kappa shape index (κ1) is 25.6. The van der Waals surface area contributed by atoms with Crippen molar-refractivity contribution in [3.63, 3.8) is 0 Å². The lowest BCUT2D eigenvalue weighted by Crippen LogP contribution is -2.07. The third-order valence-corrected chi connectivity index (χ3v) is 6.22. The van der Waals surface area contributed by atoms with Crippen LogP contribution in [0.5, 0.6) is 0 Å². The Morgan fingerprint density at radius 2 is 1.31 bits per heavy atom. The maximum absolute atomic E-state index is 12.1. The molecule has 0 saturated carbocycles. The van der Waals surface area contributed by atoms with Crippen LogP contribution in [0.25, 0.3) is 0 Å². The van der Waals surface area contributed by atoms with E-state index in [2.05, 4.69) is 31.2 Å². The van der Waals surface area contributed by atoms with E-state index in [1.165, 1.54) is 44.9 Å². The number of rotatable bonds is 17. The molecule has 0 heterocycles. The predicted octanol–water partition coefficient (Wildman–Crippen LogP) is 7.51. The number of allylic oxidation sites excluding steroid dienone is 4. The molecule has 0 amide bonds. The van der Waals surface area contributed by atoms with Crippen molar-refractivity contribution in [1.29, 1.82) is 0 Å². The molecule has 0 aliphatic heterocycles. The summed E-state index contributed by atoms with van der Waals surface area (Å²) in [6.45, 7) is 4.44. The van der Waals surface area contributed by atoms with Gasteiger partial charge in [-0.3, -0.25) is 4.18 Å². The van der Waals surface area contributed by atoms with E-state index in [1.807, 2.05) is 6.92 Å². The van der Waals surface area contributed by atoms with Crippen LogP contribution in [0.2, 0.25) is 0 Å². The summed E-state index contributed by atoms with van der Waals surface area (Å²) < 4.78 is 29.3. The third-order valence-electron chi connectivity index (χ3n) is 4.89. The fourth-order valence-corrected chi connectivity index (χ4v) is 3.97. The maximum atomic E-state index is 12.1. The van der Waals surface area contributed by atoms with Gasteiger partial charge in [-0.2, -0.15) is 8.42 Å². The Hall–Kier alpha value is -1.39. The van der Waals surface area contributed by atoms with Crippen molar-refractivity contribution in [1.82, 2.24) is 0 Å². The molecule has 0 aliphatic rings. The van der Waals surface area contributed by atoms with Crippen LogP contribution in [0.1, 0.15) is 89.5 Å². The van der Waals surface area contributed by atoms with Gasteiger partial charge in [-0.05, 0) is 57.6 Å². The summed E-state index contributed by atoms with van der Waals surface area (Å²) in [7, 11) is -3.61. The van der Waals surface area contributed by atoms with Crippen molar-refractivity contribution in [2.24, 2.45) is 0 Å². The minimum absolute atomic E-state index is 0.239. The monoisotopic (exact) mass is 420 g/mol. The summed E-state index contributed by atoms with van der Waals surface area (Å²) >= 11 is 0. The van der Waals surface area contributed by atoms with Crippen LogP contribution in [0.3, 0.4) is 0 Å². The highest BCUT2D eigenvalue weighted by molar-refractivity contribution is 7.86. The Bertz CT molecular complexity index is 673. The first-order valence-electron chi connectivity index (χ1n) is 11.3. The highest BCUT2D eigenvalue weighted by Gasteiger charge is 2.14. The molecule has 3 nitrogen and oxygen atoms in total. The molecule has 1 aromatic rings. The zero-order valence-electron chi connectivity index (χ0n) is 18.4. The standard InChI is InChI=1S/C25H40O3S/c1-3-4-5-6-7-8-9-10-11-12-13-14-15-16-17-18-23-28-29(26,27)25-21-19-24(2)20-22-25/h7-8,10-11,19-22H,3-6,9,12-18,23H2,1-2H3/b8-7-,11-10?. The van der Waals surface area contributed by atoms with Crippen LogP contribution in [-0.2, 0) is 14.3 Å². The second-order valence-corrected chi connectivity index (χ2v) is 9.29. The van der Waals surface area contributed by atoms with Crippen LogP contribution in [0.4, 0.5) is 0 Å². The summed E-state index contributed by atoms with van der Waals surface area (Å²) in [5.41, 5.74) is 1.04. The molecule has 0 N–H and O–H groups in total. The second-order valence-electron chi connectivity index (χ2n) is 7.67. The van der Waals surface area contributed by atoms with Crippen LogP contribution in [0, 0.1) is 6.92 Å². The number of hydrogen-bond donors (Lipinski definition) is 0. The summed E-state index contributed by atoms with van der Waals surface area (Å²) in [4.78, 5) is 0.239. The quantitative estimate of drug-likeness (QED) is 0.149. The van der Waals surface area contributed by atoms with Crippen molar-refractivity contribution in [2.45, 2.75) is 95.8 Å². The van der Waals surface area contributed by atoms with Crippen molar-refractivity contribution in [3.05, 3.63) is 54.1 Å². The summed E-state index contributed by atoms with van der Waals surface area (Å²) in [6.07, 6.45) is 23.1. The second kappa shape index (κ2) is 16.4. The van der Waals surface area contributed by atoms with Gasteiger partial charge in [0.1, 0.15) is 0 Å². The molecule has 0 saturated heterocycles. The van der Waals surface area contributed by atoms with Crippen LogP contribution in [0.15, 0.2) is 53.5 Å². The van der Waals surface area contributed by atoms with Gasteiger partial charge in [0.2, 0.25) is 0 Å². The SMILES string of the molecule is CCCCC/C=C\CC=CCCCCCCCCOS(=O)(=O)c1ccc(C)cc1.